The number of rotatable bonds is 9. The minimum absolute atomic E-state index is 0.184. The molecule has 0 saturated carbocycles. The molecule has 1 heterocycles. The van der Waals surface area contributed by atoms with E-state index in [1.807, 2.05) is 18.2 Å². The SMILES string of the molecule is Cc1cccc(C)c1NCCNCC(O)COc1cccc2[nH]c(C#N)cc12. The molecule has 3 rings (SSSR count). The molecule has 0 radical (unpaired) electrons. The highest BCUT2D eigenvalue weighted by Crippen LogP contribution is 2.26. The van der Waals surface area contributed by atoms with E-state index >= 15 is 0 Å². The van der Waals surface area contributed by atoms with Crippen molar-refractivity contribution in [2.45, 2.75) is 20.0 Å². The first-order chi connectivity index (χ1) is 13.6. The normalized spacial score (nSPS) is 11.9. The number of aliphatic hydroxyl groups excluding tert-OH is 1. The highest BCUT2D eigenvalue weighted by Gasteiger charge is 2.09. The fourth-order valence-corrected chi connectivity index (χ4v) is 3.20. The van der Waals surface area contributed by atoms with E-state index < -0.39 is 6.10 Å². The molecule has 1 aromatic heterocycles. The Labute approximate surface area is 165 Å². The van der Waals surface area contributed by atoms with Crippen LogP contribution in [-0.2, 0) is 0 Å². The van der Waals surface area contributed by atoms with Crippen LogP contribution in [0.3, 0.4) is 0 Å². The number of fused-ring (bicyclic) bond motifs is 1. The quantitative estimate of drug-likeness (QED) is 0.429. The third kappa shape index (κ3) is 4.83. The first-order valence-electron chi connectivity index (χ1n) is 9.42. The van der Waals surface area contributed by atoms with Crippen molar-refractivity contribution in [1.29, 1.82) is 5.26 Å². The molecule has 6 heteroatoms. The number of aromatic nitrogens is 1. The smallest absolute Gasteiger partial charge is 0.128 e. The zero-order valence-corrected chi connectivity index (χ0v) is 16.2. The van der Waals surface area contributed by atoms with Crippen molar-refractivity contribution in [3.63, 3.8) is 0 Å². The van der Waals surface area contributed by atoms with Gasteiger partial charge in [-0.3, -0.25) is 0 Å². The Balaban J connectivity index is 1.41. The molecule has 0 aliphatic heterocycles. The van der Waals surface area contributed by atoms with Gasteiger partial charge in [-0.25, -0.2) is 0 Å². The molecular weight excluding hydrogens is 352 g/mol. The molecule has 2 aromatic carbocycles. The first kappa shape index (κ1) is 19.7. The average molecular weight is 378 g/mol. The van der Waals surface area contributed by atoms with Gasteiger partial charge in [-0.1, -0.05) is 24.3 Å². The standard InChI is InChI=1S/C22H26N4O2/c1-15-5-3-6-16(2)22(15)25-10-9-24-13-18(27)14-28-21-8-4-7-20-19(21)11-17(12-23)26-20/h3-8,11,18,24-27H,9-10,13-14H2,1-2H3. The van der Waals surface area contributed by atoms with Gasteiger partial charge in [0.2, 0.25) is 0 Å². The topological polar surface area (TPSA) is 93.1 Å². The fraction of sp³-hybridized carbons (Fsp3) is 0.318. The lowest BCUT2D eigenvalue weighted by atomic mass is 10.1. The first-order valence-corrected chi connectivity index (χ1v) is 9.42. The van der Waals surface area contributed by atoms with Crippen molar-refractivity contribution in [2.75, 3.05) is 31.6 Å². The molecule has 1 atom stereocenters. The highest BCUT2D eigenvalue weighted by atomic mass is 16.5. The van der Waals surface area contributed by atoms with Gasteiger partial charge in [0.1, 0.15) is 30.2 Å². The van der Waals surface area contributed by atoms with E-state index in [4.69, 9.17) is 10.00 Å². The number of nitrogens with one attached hydrogen (secondary N) is 3. The van der Waals surface area contributed by atoms with Crippen LogP contribution >= 0.6 is 0 Å². The number of aromatic amines is 1. The summed E-state index contributed by atoms with van der Waals surface area (Å²) in [7, 11) is 0. The van der Waals surface area contributed by atoms with E-state index in [9.17, 15) is 5.11 Å². The minimum Gasteiger partial charge on any atom is -0.490 e. The van der Waals surface area contributed by atoms with Gasteiger partial charge in [0.15, 0.2) is 0 Å². The number of ether oxygens (including phenoxy) is 1. The maximum atomic E-state index is 10.2. The molecule has 0 bridgehead atoms. The molecule has 4 N–H and O–H groups in total. The van der Waals surface area contributed by atoms with Gasteiger partial charge in [-0.2, -0.15) is 5.26 Å². The number of anilines is 1. The molecule has 3 aromatic rings. The van der Waals surface area contributed by atoms with Crippen molar-refractivity contribution in [2.24, 2.45) is 0 Å². The van der Waals surface area contributed by atoms with Gasteiger partial charge in [0, 0.05) is 30.7 Å². The zero-order valence-electron chi connectivity index (χ0n) is 16.2. The van der Waals surface area contributed by atoms with E-state index in [0.29, 0.717) is 18.0 Å². The summed E-state index contributed by atoms with van der Waals surface area (Å²) in [5.41, 5.74) is 4.97. The predicted molar refractivity (Wildman–Crippen MR) is 112 cm³/mol. The number of benzene rings is 2. The molecule has 0 fully saturated rings. The third-order valence-corrected chi connectivity index (χ3v) is 4.64. The Morgan fingerprint density at radius 3 is 2.64 bits per heavy atom. The summed E-state index contributed by atoms with van der Waals surface area (Å²) < 4.78 is 5.76. The Bertz CT molecular complexity index is 954. The molecule has 28 heavy (non-hydrogen) atoms. The second-order valence-corrected chi connectivity index (χ2v) is 6.87. The van der Waals surface area contributed by atoms with Gasteiger partial charge >= 0.3 is 0 Å². The number of para-hydroxylation sites is 1. The maximum Gasteiger partial charge on any atom is 0.128 e. The maximum absolute atomic E-state index is 10.2. The van der Waals surface area contributed by atoms with Crippen molar-refractivity contribution in [1.82, 2.24) is 10.3 Å². The number of hydrogen-bond acceptors (Lipinski definition) is 5. The molecule has 0 spiro atoms. The molecule has 0 saturated heterocycles. The summed E-state index contributed by atoms with van der Waals surface area (Å²) in [6, 6.07) is 15.7. The minimum atomic E-state index is -0.621. The predicted octanol–water partition coefficient (Wildman–Crippen LogP) is 3.10. The molecule has 0 amide bonds. The Morgan fingerprint density at radius 1 is 1.14 bits per heavy atom. The summed E-state index contributed by atoms with van der Waals surface area (Å²) in [6.07, 6.45) is -0.621. The number of hydrogen-bond donors (Lipinski definition) is 4. The van der Waals surface area contributed by atoms with Gasteiger partial charge in [0.25, 0.3) is 0 Å². The van der Waals surface area contributed by atoms with Crippen molar-refractivity contribution >= 4 is 16.6 Å². The number of aliphatic hydroxyl groups is 1. The van der Waals surface area contributed by atoms with Crippen LogP contribution in [-0.4, -0.2) is 42.4 Å². The van der Waals surface area contributed by atoms with E-state index in [0.717, 1.165) is 24.0 Å². The Hall–Kier alpha value is -3.01. The lowest BCUT2D eigenvalue weighted by Gasteiger charge is -2.15. The van der Waals surface area contributed by atoms with E-state index in [1.165, 1.54) is 16.8 Å². The number of nitriles is 1. The van der Waals surface area contributed by atoms with Crippen LogP contribution in [0.5, 0.6) is 5.75 Å². The van der Waals surface area contributed by atoms with E-state index in [2.05, 4.69) is 53.7 Å². The van der Waals surface area contributed by atoms with Crippen LogP contribution in [0.15, 0.2) is 42.5 Å². The van der Waals surface area contributed by atoms with Crippen LogP contribution in [0.4, 0.5) is 5.69 Å². The van der Waals surface area contributed by atoms with Gasteiger partial charge < -0.3 is 25.5 Å². The average Bonchev–Trinajstić information content (AvgIpc) is 3.12. The largest absolute Gasteiger partial charge is 0.490 e. The Morgan fingerprint density at radius 2 is 1.89 bits per heavy atom. The van der Waals surface area contributed by atoms with E-state index in [-0.39, 0.29) is 6.61 Å². The van der Waals surface area contributed by atoms with E-state index in [1.54, 1.807) is 6.07 Å². The van der Waals surface area contributed by atoms with Crippen molar-refractivity contribution < 1.29 is 9.84 Å². The lowest BCUT2D eigenvalue weighted by Crippen LogP contribution is -2.34. The van der Waals surface area contributed by atoms with Gasteiger partial charge in [-0.05, 0) is 43.2 Å². The molecule has 0 aliphatic carbocycles. The molecule has 6 nitrogen and oxygen atoms in total. The number of nitrogens with zero attached hydrogens (tertiary/aromatic N) is 1. The molecular formula is C22H26N4O2. The van der Waals surface area contributed by atoms with Crippen LogP contribution in [0.2, 0.25) is 0 Å². The number of aryl methyl sites for hydroxylation is 2. The Kier molecular flexibility index (Phi) is 6.53. The van der Waals surface area contributed by atoms with Crippen LogP contribution in [0.1, 0.15) is 16.8 Å². The molecule has 146 valence electrons. The molecule has 0 aliphatic rings. The summed E-state index contributed by atoms with van der Waals surface area (Å²) in [4.78, 5) is 3.02. The second-order valence-electron chi connectivity index (χ2n) is 6.87. The third-order valence-electron chi connectivity index (χ3n) is 4.64. The fourth-order valence-electron chi connectivity index (χ4n) is 3.20. The summed E-state index contributed by atoms with van der Waals surface area (Å²) >= 11 is 0. The van der Waals surface area contributed by atoms with Crippen LogP contribution < -0.4 is 15.4 Å². The summed E-state index contributed by atoms with van der Waals surface area (Å²) in [5, 5.41) is 26.7. The summed E-state index contributed by atoms with van der Waals surface area (Å²) in [6.45, 7) is 6.33. The summed E-state index contributed by atoms with van der Waals surface area (Å²) in [5.74, 6) is 0.658. The molecule has 1 unspecified atom stereocenters. The van der Waals surface area contributed by atoms with Gasteiger partial charge in [-0.15, -0.1) is 0 Å². The second kappa shape index (κ2) is 9.27. The lowest BCUT2D eigenvalue weighted by molar-refractivity contribution is 0.107. The van der Waals surface area contributed by atoms with Crippen LogP contribution in [0, 0.1) is 25.2 Å². The highest BCUT2D eigenvalue weighted by molar-refractivity contribution is 5.87. The number of H-pyrrole nitrogens is 1. The zero-order chi connectivity index (χ0) is 19.9. The van der Waals surface area contributed by atoms with Gasteiger partial charge in [0.05, 0.1) is 5.52 Å². The van der Waals surface area contributed by atoms with Crippen LogP contribution in [0.25, 0.3) is 10.9 Å². The van der Waals surface area contributed by atoms with Crippen molar-refractivity contribution in [3.05, 3.63) is 59.3 Å². The monoisotopic (exact) mass is 378 g/mol. The van der Waals surface area contributed by atoms with Crippen molar-refractivity contribution in [3.8, 4) is 11.8 Å².